The van der Waals surface area contributed by atoms with Crippen LogP contribution in [0.1, 0.15) is 51.9 Å². The highest BCUT2D eigenvalue weighted by Gasteiger charge is 2.51. The zero-order chi connectivity index (χ0) is 13.7. The zero-order valence-electron chi connectivity index (χ0n) is 12.0. The van der Waals surface area contributed by atoms with Crippen LogP contribution in [-0.2, 0) is 9.53 Å². The molecule has 2 aliphatic rings. The van der Waals surface area contributed by atoms with E-state index in [9.17, 15) is 9.90 Å². The first kappa shape index (κ1) is 14.8. The van der Waals surface area contributed by atoms with Gasteiger partial charge in [0.15, 0.2) is 0 Å². The lowest BCUT2D eigenvalue weighted by Crippen LogP contribution is -2.57. The van der Waals surface area contributed by atoms with Gasteiger partial charge in [0.1, 0.15) is 5.54 Å². The summed E-state index contributed by atoms with van der Waals surface area (Å²) >= 11 is 0. The smallest absolute Gasteiger partial charge is 0.326 e. The van der Waals surface area contributed by atoms with Crippen molar-refractivity contribution in [1.29, 1.82) is 0 Å². The molecular formula is C15H27NO3. The predicted octanol–water partition coefficient (Wildman–Crippen LogP) is 2.43. The summed E-state index contributed by atoms with van der Waals surface area (Å²) in [6, 6.07) is 0. The minimum atomic E-state index is -0.839. The van der Waals surface area contributed by atoms with Crippen molar-refractivity contribution in [2.75, 3.05) is 19.8 Å². The largest absolute Gasteiger partial charge is 0.480 e. The average molecular weight is 269 g/mol. The highest BCUT2D eigenvalue weighted by molar-refractivity contribution is 5.80. The molecule has 2 saturated carbocycles. The van der Waals surface area contributed by atoms with Crippen LogP contribution in [0.15, 0.2) is 0 Å². The summed E-state index contributed by atoms with van der Waals surface area (Å²) in [5.74, 6) is 0.159. The van der Waals surface area contributed by atoms with Gasteiger partial charge in [0.2, 0.25) is 0 Å². The Hall–Kier alpha value is -0.610. The van der Waals surface area contributed by atoms with E-state index in [1.54, 1.807) is 0 Å². The minimum absolute atomic E-state index is 0.250. The molecule has 0 heterocycles. The summed E-state index contributed by atoms with van der Waals surface area (Å²) in [6.07, 6.45) is 8.05. The van der Waals surface area contributed by atoms with E-state index < -0.39 is 11.5 Å². The van der Waals surface area contributed by atoms with E-state index in [-0.39, 0.29) is 5.92 Å². The third-order valence-electron chi connectivity index (χ3n) is 4.50. The molecular weight excluding hydrogens is 242 g/mol. The summed E-state index contributed by atoms with van der Waals surface area (Å²) in [6.45, 7) is 3.86. The third kappa shape index (κ3) is 3.69. The monoisotopic (exact) mass is 269 g/mol. The molecule has 1 unspecified atom stereocenters. The van der Waals surface area contributed by atoms with Crippen molar-refractivity contribution in [2.24, 2.45) is 11.8 Å². The Balaban J connectivity index is 1.86. The number of nitrogens with one attached hydrogen (secondary N) is 1. The fraction of sp³-hybridized carbons (Fsp3) is 0.933. The van der Waals surface area contributed by atoms with Crippen LogP contribution in [0.2, 0.25) is 0 Å². The first-order valence-electron chi connectivity index (χ1n) is 7.75. The maximum absolute atomic E-state index is 11.7. The van der Waals surface area contributed by atoms with E-state index in [2.05, 4.69) is 12.2 Å². The normalized spacial score (nSPS) is 23.4. The van der Waals surface area contributed by atoms with E-state index in [1.165, 1.54) is 25.7 Å². The number of hydrogen-bond acceptors (Lipinski definition) is 3. The van der Waals surface area contributed by atoms with Gasteiger partial charge in [-0.05, 0) is 50.5 Å². The van der Waals surface area contributed by atoms with E-state index >= 15 is 0 Å². The molecule has 4 nitrogen and oxygen atoms in total. The second kappa shape index (κ2) is 6.71. The molecule has 2 fully saturated rings. The van der Waals surface area contributed by atoms with Crippen molar-refractivity contribution in [3.63, 3.8) is 0 Å². The third-order valence-corrected chi connectivity index (χ3v) is 4.50. The number of hydrogen-bond donors (Lipinski definition) is 2. The van der Waals surface area contributed by atoms with Crippen molar-refractivity contribution >= 4 is 5.97 Å². The second-order valence-corrected chi connectivity index (χ2v) is 6.14. The first-order valence-corrected chi connectivity index (χ1v) is 7.75. The van der Waals surface area contributed by atoms with Crippen molar-refractivity contribution in [1.82, 2.24) is 5.32 Å². The van der Waals surface area contributed by atoms with Crippen LogP contribution in [0.4, 0.5) is 0 Å². The molecule has 2 N–H and O–H groups in total. The number of carbonyl (C=O) groups is 1. The van der Waals surface area contributed by atoms with Gasteiger partial charge in [0.25, 0.3) is 0 Å². The molecule has 0 spiro atoms. The van der Waals surface area contributed by atoms with Gasteiger partial charge in [-0.15, -0.1) is 0 Å². The number of aliphatic carboxylic acids is 1. The molecule has 0 aromatic rings. The lowest BCUT2D eigenvalue weighted by atomic mass is 9.94. The van der Waals surface area contributed by atoms with Gasteiger partial charge in [-0.25, -0.2) is 0 Å². The topological polar surface area (TPSA) is 58.6 Å². The number of ether oxygens (including phenoxy) is 1. The highest BCUT2D eigenvalue weighted by atomic mass is 16.5. The number of rotatable bonds is 9. The number of carboxylic acid groups (broad SMARTS) is 1. The molecule has 2 rings (SSSR count). The van der Waals surface area contributed by atoms with Gasteiger partial charge in [-0.2, -0.15) is 0 Å². The summed E-state index contributed by atoms with van der Waals surface area (Å²) in [5.41, 5.74) is -0.839. The Kier molecular flexibility index (Phi) is 5.22. The molecule has 0 amide bonds. The van der Waals surface area contributed by atoms with Crippen molar-refractivity contribution < 1.29 is 14.6 Å². The molecule has 0 radical (unpaired) electrons. The fourth-order valence-corrected chi connectivity index (χ4v) is 3.11. The predicted molar refractivity (Wildman–Crippen MR) is 74.2 cm³/mol. The van der Waals surface area contributed by atoms with Crippen LogP contribution in [0.25, 0.3) is 0 Å². The van der Waals surface area contributed by atoms with Crippen LogP contribution >= 0.6 is 0 Å². The summed E-state index contributed by atoms with van der Waals surface area (Å²) < 4.78 is 5.80. The fourth-order valence-electron chi connectivity index (χ4n) is 3.11. The van der Waals surface area contributed by atoms with Crippen molar-refractivity contribution in [3.8, 4) is 0 Å². The van der Waals surface area contributed by atoms with Crippen LogP contribution in [0, 0.1) is 11.8 Å². The molecule has 110 valence electrons. The van der Waals surface area contributed by atoms with Gasteiger partial charge < -0.3 is 9.84 Å². The lowest BCUT2D eigenvalue weighted by molar-refractivity contribution is -0.149. The van der Waals surface area contributed by atoms with E-state index in [0.29, 0.717) is 12.5 Å². The highest BCUT2D eigenvalue weighted by Crippen LogP contribution is 2.40. The molecule has 19 heavy (non-hydrogen) atoms. The minimum Gasteiger partial charge on any atom is -0.480 e. The summed E-state index contributed by atoms with van der Waals surface area (Å²) in [5, 5.41) is 12.9. The van der Waals surface area contributed by atoms with Crippen molar-refractivity contribution in [3.05, 3.63) is 0 Å². The molecule has 0 bridgehead atoms. The van der Waals surface area contributed by atoms with Crippen LogP contribution in [0.5, 0.6) is 0 Å². The number of carboxylic acids is 1. The molecule has 0 aliphatic heterocycles. The van der Waals surface area contributed by atoms with Gasteiger partial charge in [0, 0.05) is 6.61 Å². The van der Waals surface area contributed by atoms with E-state index in [0.717, 1.165) is 32.4 Å². The van der Waals surface area contributed by atoms with Gasteiger partial charge >= 0.3 is 5.97 Å². The van der Waals surface area contributed by atoms with Gasteiger partial charge in [0.05, 0.1) is 6.61 Å². The SMILES string of the molecule is CCCNC(COCC1CCCC1)(C(=O)O)C1CC1. The Morgan fingerprint density at radius 2 is 2.00 bits per heavy atom. The van der Waals surface area contributed by atoms with Crippen LogP contribution < -0.4 is 5.32 Å². The van der Waals surface area contributed by atoms with Gasteiger partial charge in [-0.3, -0.25) is 10.1 Å². The van der Waals surface area contributed by atoms with E-state index in [1.807, 2.05) is 0 Å². The summed E-state index contributed by atoms with van der Waals surface area (Å²) in [7, 11) is 0. The molecule has 0 aromatic carbocycles. The van der Waals surface area contributed by atoms with Crippen molar-refractivity contribution in [2.45, 2.75) is 57.4 Å². The Bertz CT molecular complexity index is 298. The molecule has 0 saturated heterocycles. The molecule has 0 aromatic heterocycles. The van der Waals surface area contributed by atoms with E-state index in [4.69, 9.17) is 4.74 Å². The first-order chi connectivity index (χ1) is 9.19. The molecule has 1 atom stereocenters. The standard InChI is InChI=1S/C15H27NO3/c1-2-9-16-15(14(17)18,13-7-8-13)11-19-10-12-5-3-4-6-12/h12-13,16H,2-11H2,1H3,(H,17,18). The Morgan fingerprint density at radius 1 is 1.32 bits per heavy atom. The van der Waals surface area contributed by atoms with Crippen LogP contribution in [0.3, 0.4) is 0 Å². The molecule has 2 aliphatic carbocycles. The Labute approximate surface area is 115 Å². The van der Waals surface area contributed by atoms with Gasteiger partial charge in [-0.1, -0.05) is 19.8 Å². The zero-order valence-corrected chi connectivity index (χ0v) is 12.0. The quantitative estimate of drug-likeness (QED) is 0.675. The average Bonchev–Trinajstić information content (AvgIpc) is 3.11. The second-order valence-electron chi connectivity index (χ2n) is 6.14. The maximum Gasteiger partial charge on any atom is 0.326 e. The molecule has 4 heteroatoms. The Morgan fingerprint density at radius 3 is 2.53 bits per heavy atom. The maximum atomic E-state index is 11.7. The summed E-state index contributed by atoms with van der Waals surface area (Å²) in [4.78, 5) is 11.7. The van der Waals surface area contributed by atoms with Crippen LogP contribution in [-0.4, -0.2) is 36.4 Å². The lowest BCUT2D eigenvalue weighted by Gasteiger charge is -2.31.